The SMILES string of the molecule is CC.CCOC(=O)Cc1ccccc1OCc1cc(C)c2oc(CNCc3cccnc3)cc2c1. The van der Waals surface area contributed by atoms with Gasteiger partial charge in [-0.05, 0) is 60.9 Å². The Morgan fingerprint density at radius 2 is 1.86 bits per heavy atom. The lowest BCUT2D eigenvalue weighted by Crippen LogP contribution is -2.12. The highest BCUT2D eigenvalue weighted by atomic mass is 16.5. The molecule has 0 saturated heterocycles. The zero-order valence-electron chi connectivity index (χ0n) is 21.0. The van der Waals surface area contributed by atoms with Crippen molar-refractivity contribution in [2.24, 2.45) is 0 Å². The van der Waals surface area contributed by atoms with Crippen LogP contribution >= 0.6 is 0 Å². The van der Waals surface area contributed by atoms with Crippen molar-refractivity contribution in [2.75, 3.05) is 6.61 Å². The van der Waals surface area contributed by atoms with Crippen LogP contribution in [0.1, 0.15) is 48.8 Å². The molecule has 0 bridgehead atoms. The van der Waals surface area contributed by atoms with E-state index in [1.54, 1.807) is 13.1 Å². The zero-order chi connectivity index (χ0) is 25.0. The Kier molecular flexibility index (Phi) is 9.87. The van der Waals surface area contributed by atoms with Gasteiger partial charge in [0.15, 0.2) is 0 Å². The fourth-order valence-electron chi connectivity index (χ4n) is 3.78. The number of para-hydroxylation sites is 1. The zero-order valence-corrected chi connectivity index (χ0v) is 21.0. The van der Waals surface area contributed by atoms with E-state index in [0.717, 1.165) is 45.5 Å². The average molecular weight is 475 g/mol. The van der Waals surface area contributed by atoms with Gasteiger partial charge in [0.05, 0.1) is 19.6 Å². The Morgan fingerprint density at radius 1 is 1.03 bits per heavy atom. The Hall–Kier alpha value is -3.64. The number of pyridine rings is 1. The molecule has 0 unspecified atom stereocenters. The molecule has 4 aromatic rings. The van der Waals surface area contributed by atoms with Crippen LogP contribution in [0.3, 0.4) is 0 Å². The molecule has 4 rings (SSSR count). The van der Waals surface area contributed by atoms with Crippen LogP contribution in [0.4, 0.5) is 0 Å². The number of hydrogen-bond acceptors (Lipinski definition) is 6. The molecule has 6 nitrogen and oxygen atoms in total. The molecule has 6 heteroatoms. The van der Waals surface area contributed by atoms with Gasteiger partial charge in [-0.2, -0.15) is 0 Å². The molecule has 2 aromatic heterocycles. The third-order valence-corrected chi connectivity index (χ3v) is 5.27. The third kappa shape index (κ3) is 7.42. The summed E-state index contributed by atoms with van der Waals surface area (Å²) < 4.78 is 17.2. The predicted octanol–water partition coefficient (Wildman–Crippen LogP) is 6.14. The number of furan rings is 1. The number of aromatic nitrogens is 1. The first-order chi connectivity index (χ1) is 17.1. The van der Waals surface area contributed by atoms with Crippen molar-refractivity contribution >= 4 is 16.9 Å². The van der Waals surface area contributed by atoms with Crippen molar-refractivity contribution in [1.82, 2.24) is 10.3 Å². The highest BCUT2D eigenvalue weighted by Gasteiger charge is 2.12. The van der Waals surface area contributed by atoms with Crippen LogP contribution in [0.15, 0.2) is 71.4 Å². The minimum atomic E-state index is -0.256. The number of aryl methyl sites for hydroxylation is 1. The number of carbonyl (C=O) groups is 1. The number of fused-ring (bicyclic) bond motifs is 1. The number of benzene rings is 2. The topological polar surface area (TPSA) is 73.6 Å². The molecule has 2 aromatic carbocycles. The average Bonchev–Trinajstić information content (AvgIpc) is 3.29. The van der Waals surface area contributed by atoms with Crippen LogP contribution < -0.4 is 10.1 Å². The van der Waals surface area contributed by atoms with Gasteiger partial charge < -0.3 is 19.2 Å². The first-order valence-corrected chi connectivity index (χ1v) is 12.1. The number of esters is 1. The summed E-state index contributed by atoms with van der Waals surface area (Å²) in [6, 6.07) is 17.8. The van der Waals surface area contributed by atoms with E-state index >= 15 is 0 Å². The maximum atomic E-state index is 11.9. The molecule has 2 heterocycles. The van der Waals surface area contributed by atoms with Crippen LogP contribution in [-0.2, 0) is 35.6 Å². The summed E-state index contributed by atoms with van der Waals surface area (Å²) in [6.07, 6.45) is 3.82. The lowest BCUT2D eigenvalue weighted by Gasteiger charge is -2.12. The summed E-state index contributed by atoms with van der Waals surface area (Å²) in [5.74, 6) is 1.32. The van der Waals surface area contributed by atoms with E-state index in [1.807, 2.05) is 63.4 Å². The molecule has 0 aliphatic heterocycles. The second-order valence-electron chi connectivity index (χ2n) is 7.89. The second kappa shape index (κ2) is 13.3. The van der Waals surface area contributed by atoms with Gasteiger partial charge in [0.1, 0.15) is 23.7 Å². The summed E-state index contributed by atoms with van der Waals surface area (Å²) in [5, 5.41) is 4.44. The first-order valence-electron chi connectivity index (χ1n) is 12.1. The monoisotopic (exact) mass is 474 g/mol. The molecule has 0 aliphatic carbocycles. The fraction of sp³-hybridized carbons (Fsp3) is 0.310. The summed E-state index contributed by atoms with van der Waals surface area (Å²) >= 11 is 0. The molecular formula is C29H34N2O4. The Bertz CT molecular complexity index is 1220. The lowest BCUT2D eigenvalue weighted by atomic mass is 10.1. The smallest absolute Gasteiger partial charge is 0.310 e. The highest BCUT2D eigenvalue weighted by molar-refractivity contribution is 5.82. The van der Waals surface area contributed by atoms with Gasteiger partial charge in [0, 0.05) is 29.9 Å². The molecule has 184 valence electrons. The second-order valence-corrected chi connectivity index (χ2v) is 7.89. The largest absolute Gasteiger partial charge is 0.489 e. The number of rotatable bonds is 10. The molecule has 0 radical (unpaired) electrons. The normalized spacial score (nSPS) is 10.5. The number of carbonyl (C=O) groups excluding carboxylic acids is 1. The highest BCUT2D eigenvalue weighted by Crippen LogP contribution is 2.26. The van der Waals surface area contributed by atoms with E-state index in [-0.39, 0.29) is 12.4 Å². The number of hydrogen-bond donors (Lipinski definition) is 1. The maximum Gasteiger partial charge on any atom is 0.310 e. The Balaban J connectivity index is 0.00000167. The van der Waals surface area contributed by atoms with Crippen molar-refractivity contribution in [3.05, 3.63) is 95.0 Å². The van der Waals surface area contributed by atoms with E-state index in [9.17, 15) is 4.79 Å². The first kappa shape index (κ1) is 26.0. The maximum absolute atomic E-state index is 11.9. The molecule has 0 aliphatic rings. The van der Waals surface area contributed by atoms with Gasteiger partial charge in [-0.25, -0.2) is 0 Å². The number of nitrogens with zero attached hydrogens (tertiary/aromatic N) is 1. The fourth-order valence-corrected chi connectivity index (χ4v) is 3.78. The van der Waals surface area contributed by atoms with Crippen molar-refractivity contribution in [3.8, 4) is 5.75 Å². The molecule has 0 amide bonds. The lowest BCUT2D eigenvalue weighted by molar-refractivity contribution is -0.142. The molecule has 0 atom stereocenters. The summed E-state index contributed by atoms with van der Waals surface area (Å²) in [5.41, 5.74) is 4.94. The third-order valence-electron chi connectivity index (χ3n) is 5.27. The van der Waals surface area contributed by atoms with E-state index in [2.05, 4.69) is 28.5 Å². The standard InChI is InChI=1S/C27H28N2O4.C2H6/c1-3-31-26(30)14-22-8-4-5-9-25(22)32-18-21-11-19(2)27-23(12-21)13-24(33-27)17-29-16-20-7-6-10-28-15-20;1-2/h4-13,15,29H,3,14,16-18H2,1-2H3;1-2H3. The Labute approximate surface area is 207 Å². The van der Waals surface area contributed by atoms with E-state index in [4.69, 9.17) is 13.9 Å². The van der Waals surface area contributed by atoms with Crippen molar-refractivity contribution in [3.63, 3.8) is 0 Å². The van der Waals surface area contributed by atoms with Gasteiger partial charge in [-0.1, -0.05) is 38.1 Å². The van der Waals surface area contributed by atoms with E-state index < -0.39 is 0 Å². The van der Waals surface area contributed by atoms with E-state index in [0.29, 0.717) is 25.5 Å². The van der Waals surface area contributed by atoms with Gasteiger partial charge in [0.25, 0.3) is 0 Å². The van der Waals surface area contributed by atoms with Gasteiger partial charge in [-0.15, -0.1) is 0 Å². The number of nitrogens with one attached hydrogen (secondary N) is 1. The van der Waals surface area contributed by atoms with Crippen LogP contribution in [0.2, 0.25) is 0 Å². The van der Waals surface area contributed by atoms with Gasteiger partial charge in [0.2, 0.25) is 0 Å². The molecule has 1 N–H and O–H groups in total. The van der Waals surface area contributed by atoms with Crippen LogP contribution in [0.25, 0.3) is 11.0 Å². The molecule has 35 heavy (non-hydrogen) atoms. The Morgan fingerprint density at radius 3 is 2.63 bits per heavy atom. The summed E-state index contributed by atoms with van der Waals surface area (Å²) in [4.78, 5) is 16.0. The minimum absolute atomic E-state index is 0.194. The van der Waals surface area contributed by atoms with Crippen LogP contribution in [-0.4, -0.2) is 17.6 Å². The molecule has 0 spiro atoms. The molecule has 0 fully saturated rings. The minimum Gasteiger partial charge on any atom is -0.489 e. The quantitative estimate of drug-likeness (QED) is 0.279. The molecule has 0 saturated carbocycles. The van der Waals surface area contributed by atoms with Crippen molar-refractivity contribution in [1.29, 1.82) is 0 Å². The predicted molar refractivity (Wildman–Crippen MR) is 138 cm³/mol. The molecular weight excluding hydrogens is 440 g/mol. The van der Waals surface area contributed by atoms with Crippen molar-refractivity contribution < 1.29 is 18.7 Å². The summed E-state index contributed by atoms with van der Waals surface area (Å²) in [6.45, 7) is 9.97. The summed E-state index contributed by atoms with van der Waals surface area (Å²) in [7, 11) is 0. The van der Waals surface area contributed by atoms with Crippen molar-refractivity contribution in [2.45, 2.75) is 53.8 Å². The number of ether oxygens (including phenoxy) is 2. The van der Waals surface area contributed by atoms with Gasteiger partial charge >= 0.3 is 5.97 Å². The van der Waals surface area contributed by atoms with Crippen LogP contribution in [0.5, 0.6) is 5.75 Å². The van der Waals surface area contributed by atoms with E-state index in [1.165, 1.54) is 0 Å². The van der Waals surface area contributed by atoms with Gasteiger partial charge in [-0.3, -0.25) is 9.78 Å². The van der Waals surface area contributed by atoms with Crippen LogP contribution in [0, 0.1) is 6.92 Å².